The van der Waals surface area contributed by atoms with Crippen LogP contribution in [0.2, 0.25) is 10.0 Å². The van der Waals surface area contributed by atoms with E-state index in [-0.39, 0.29) is 23.5 Å². The van der Waals surface area contributed by atoms with Gasteiger partial charge in [0, 0.05) is 41.0 Å². The summed E-state index contributed by atoms with van der Waals surface area (Å²) < 4.78 is 67.7. The van der Waals surface area contributed by atoms with Gasteiger partial charge in [0.05, 0.1) is 17.4 Å². The molecule has 192 valence electrons. The molecular formula is C24H27Cl2F3N2O3S. The lowest BCUT2D eigenvalue weighted by Crippen LogP contribution is -2.51. The zero-order valence-electron chi connectivity index (χ0n) is 19.1. The number of nitrogens with zero attached hydrogens (tertiary/aromatic N) is 1. The lowest BCUT2D eigenvalue weighted by Gasteiger charge is -2.39. The fourth-order valence-electron chi connectivity index (χ4n) is 4.88. The standard InChI is InChI=1S/C24H27Cl2F3N2O3S/c1-35(32,33)18-6-4-17(5-7-18)34-23-20-11-15(25)12-21(26)19(20)13-22(23)31-10-2-3-16(14-31)30-9-8-24(27,28)29/h4-7,11-12,16,22-23,30H,2-3,8-10,13-14H2,1H3/t16-,22+,23-/m1/s1. The Morgan fingerprint density at radius 2 is 1.89 bits per heavy atom. The molecular weight excluding hydrogens is 524 g/mol. The van der Waals surface area contributed by atoms with Gasteiger partial charge in [0.25, 0.3) is 0 Å². The second-order valence-electron chi connectivity index (χ2n) is 9.16. The molecule has 2 aromatic carbocycles. The van der Waals surface area contributed by atoms with Crippen molar-refractivity contribution >= 4 is 33.0 Å². The van der Waals surface area contributed by atoms with Crippen LogP contribution < -0.4 is 10.1 Å². The van der Waals surface area contributed by atoms with Crippen molar-refractivity contribution in [3.63, 3.8) is 0 Å². The SMILES string of the molecule is CS(=O)(=O)c1ccc(O[C@@H]2c3cc(Cl)cc(Cl)c3C[C@@H]2N2CCC[C@@H](NCCC(F)(F)F)C2)cc1. The van der Waals surface area contributed by atoms with Crippen LogP contribution in [0, 0.1) is 0 Å². The average molecular weight is 551 g/mol. The summed E-state index contributed by atoms with van der Waals surface area (Å²) in [6, 6.07) is 9.63. The smallest absolute Gasteiger partial charge is 0.390 e. The highest BCUT2D eigenvalue weighted by atomic mass is 35.5. The molecule has 0 unspecified atom stereocenters. The number of ether oxygens (including phenoxy) is 1. The average Bonchev–Trinajstić information content (AvgIpc) is 3.11. The Kier molecular flexibility index (Phi) is 7.93. The number of hydrogen-bond donors (Lipinski definition) is 1. The first-order valence-electron chi connectivity index (χ1n) is 11.4. The first kappa shape index (κ1) is 26.5. The van der Waals surface area contributed by atoms with E-state index in [4.69, 9.17) is 27.9 Å². The van der Waals surface area contributed by atoms with Gasteiger partial charge in [0.2, 0.25) is 0 Å². The summed E-state index contributed by atoms with van der Waals surface area (Å²) >= 11 is 12.8. The molecule has 0 radical (unpaired) electrons. The van der Waals surface area contributed by atoms with Gasteiger partial charge >= 0.3 is 6.18 Å². The highest BCUT2D eigenvalue weighted by Gasteiger charge is 2.41. The number of alkyl halides is 3. The fourth-order valence-corrected chi connectivity index (χ4v) is 6.10. The minimum atomic E-state index is -4.18. The first-order chi connectivity index (χ1) is 16.4. The molecule has 0 bridgehead atoms. The largest absolute Gasteiger partial charge is 0.484 e. The highest BCUT2D eigenvalue weighted by molar-refractivity contribution is 7.90. The molecule has 1 N–H and O–H groups in total. The van der Waals surface area contributed by atoms with Gasteiger partial charge in [-0.05, 0) is 67.8 Å². The molecule has 35 heavy (non-hydrogen) atoms. The summed E-state index contributed by atoms with van der Waals surface area (Å²) in [5, 5.41) is 4.09. The normalized spacial score (nSPS) is 23.3. The van der Waals surface area contributed by atoms with Crippen LogP contribution in [0.4, 0.5) is 13.2 Å². The number of fused-ring (bicyclic) bond motifs is 1. The molecule has 1 aliphatic carbocycles. The van der Waals surface area contributed by atoms with E-state index < -0.39 is 28.5 Å². The minimum absolute atomic E-state index is 0.0523. The predicted molar refractivity (Wildman–Crippen MR) is 130 cm³/mol. The maximum Gasteiger partial charge on any atom is 0.390 e. The lowest BCUT2D eigenvalue weighted by molar-refractivity contribution is -0.133. The summed E-state index contributed by atoms with van der Waals surface area (Å²) in [5.41, 5.74) is 1.80. The Morgan fingerprint density at radius 3 is 2.54 bits per heavy atom. The second kappa shape index (κ2) is 10.5. The van der Waals surface area contributed by atoms with Crippen molar-refractivity contribution < 1.29 is 26.3 Å². The van der Waals surface area contributed by atoms with Crippen LogP contribution in [0.15, 0.2) is 41.3 Å². The van der Waals surface area contributed by atoms with Crippen molar-refractivity contribution in [3.8, 4) is 5.75 Å². The Labute approximate surface area is 213 Å². The van der Waals surface area contributed by atoms with Gasteiger partial charge < -0.3 is 10.1 Å². The van der Waals surface area contributed by atoms with Gasteiger partial charge in [-0.15, -0.1) is 0 Å². The number of piperidine rings is 1. The van der Waals surface area contributed by atoms with Crippen molar-refractivity contribution in [3.05, 3.63) is 57.6 Å². The van der Waals surface area contributed by atoms with E-state index >= 15 is 0 Å². The number of benzene rings is 2. The Bertz CT molecular complexity index is 1160. The second-order valence-corrected chi connectivity index (χ2v) is 12.0. The van der Waals surface area contributed by atoms with E-state index in [9.17, 15) is 21.6 Å². The molecule has 5 nitrogen and oxygen atoms in total. The molecule has 11 heteroatoms. The van der Waals surface area contributed by atoms with Crippen LogP contribution in [-0.2, 0) is 16.3 Å². The quantitative estimate of drug-likeness (QED) is 0.496. The Hall–Kier alpha value is -1.52. The number of halogens is 5. The summed E-state index contributed by atoms with van der Waals surface area (Å²) in [7, 11) is -3.33. The van der Waals surface area contributed by atoms with Gasteiger partial charge in [-0.2, -0.15) is 13.2 Å². The van der Waals surface area contributed by atoms with Gasteiger partial charge in [-0.1, -0.05) is 23.2 Å². The molecule has 4 rings (SSSR count). The third-order valence-corrected chi connectivity index (χ3v) is 8.23. The van der Waals surface area contributed by atoms with E-state index in [1.165, 1.54) is 12.1 Å². The highest BCUT2D eigenvalue weighted by Crippen LogP contribution is 2.43. The van der Waals surface area contributed by atoms with Crippen LogP contribution in [0.5, 0.6) is 5.75 Å². The lowest BCUT2D eigenvalue weighted by atomic mass is 10.0. The zero-order chi connectivity index (χ0) is 25.4. The summed E-state index contributed by atoms with van der Waals surface area (Å²) in [4.78, 5) is 2.44. The monoisotopic (exact) mass is 550 g/mol. The van der Waals surface area contributed by atoms with Crippen molar-refractivity contribution in [1.82, 2.24) is 10.2 Å². The van der Waals surface area contributed by atoms with Crippen molar-refractivity contribution in [2.75, 3.05) is 25.9 Å². The molecule has 0 spiro atoms. The summed E-state index contributed by atoms with van der Waals surface area (Å²) in [6.07, 6.45) is -2.05. The maximum absolute atomic E-state index is 12.6. The first-order valence-corrected chi connectivity index (χ1v) is 14.0. The van der Waals surface area contributed by atoms with Crippen LogP contribution in [0.3, 0.4) is 0 Å². The van der Waals surface area contributed by atoms with E-state index in [0.717, 1.165) is 36.8 Å². The maximum atomic E-state index is 12.6. The van der Waals surface area contributed by atoms with Gasteiger partial charge in [0.15, 0.2) is 9.84 Å². The molecule has 0 aromatic heterocycles. The molecule has 2 aliphatic rings. The topological polar surface area (TPSA) is 58.6 Å². The van der Waals surface area contributed by atoms with E-state index in [2.05, 4.69) is 10.2 Å². The summed E-state index contributed by atoms with van der Waals surface area (Å²) in [5.74, 6) is 0.508. The van der Waals surface area contributed by atoms with E-state index in [0.29, 0.717) is 28.8 Å². The number of likely N-dealkylation sites (tertiary alicyclic amines) is 1. The van der Waals surface area contributed by atoms with Gasteiger partial charge in [0.1, 0.15) is 11.9 Å². The van der Waals surface area contributed by atoms with E-state index in [1.54, 1.807) is 18.2 Å². The Morgan fingerprint density at radius 1 is 1.17 bits per heavy atom. The number of sulfone groups is 1. The van der Waals surface area contributed by atoms with E-state index in [1.807, 2.05) is 6.07 Å². The summed E-state index contributed by atoms with van der Waals surface area (Å²) in [6.45, 7) is 1.27. The molecule has 1 saturated heterocycles. The van der Waals surface area contributed by atoms with Gasteiger partial charge in [-0.3, -0.25) is 4.90 Å². The third kappa shape index (κ3) is 6.63. The van der Waals surface area contributed by atoms with Crippen molar-refractivity contribution in [2.24, 2.45) is 0 Å². The molecule has 1 aliphatic heterocycles. The fraction of sp³-hybridized carbons (Fsp3) is 0.500. The Balaban J connectivity index is 1.55. The third-order valence-electron chi connectivity index (χ3n) is 6.54. The van der Waals surface area contributed by atoms with Crippen LogP contribution >= 0.6 is 23.2 Å². The van der Waals surface area contributed by atoms with Gasteiger partial charge in [-0.25, -0.2) is 8.42 Å². The molecule has 2 aromatic rings. The number of nitrogens with one attached hydrogen (secondary N) is 1. The molecule has 1 heterocycles. The van der Waals surface area contributed by atoms with Crippen molar-refractivity contribution in [2.45, 2.75) is 54.9 Å². The molecule has 0 saturated carbocycles. The molecule has 3 atom stereocenters. The van der Waals surface area contributed by atoms with Crippen LogP contribution in [0.1, 0.15) is 36.5 Å². The zero-order valence-corrected chi connectivity index (χ0v) is 21.4. The number of rotatable bonds is 7. The van der Waals surface area contributed by atoms with Crippen molar-refractivity contribution in [1.29, 1.82) is 0 Å². The van der Waals surface area contributed by atoms with Crippen LogP contribution in [0.25, 0.3) is 0 Å². The van der Waals surface area contributed by atoms with Crippen LogP contribution in [-0.4, -0.2) is 57.5 Å². The minimum Gasteiger partial charge on any atom is -0.484 e. The predicted octanol–water partition coefficient (Wildman–Crippen LogP) is 5.45. The molecule has 1 fully saturated rings. The molecule has 0 amide bonds. The number of hydrogen-bond acceptors (Lipinski definition) is 5.